The van der Waals surface area contributed by atoms with E-state index >= 15 is 0 Å². The number of methoxy groups -OCH3 is 1. The normalized spacial score (nSPS) is 16.0. The van der Waals surface area contributed by atoms with Crippen LogP contribution in [0.25, 0.3) is 11.5 Å². The molecule has 6 heteroatoms. The maximum Gasteiger partial charge on any atom is 0.226 e. The number of hydrogen-bond donors (Lipinski definition) is 1. The number of nitrogens with zero attached hydrogens (tertiary/aromatic N) is 2. The molecule has 1 aliphatic rings. The van der Waals surface area contributed by atoms with E-state index in [1.807, 2.05) is 38.1 Å². The molecule has 0 saturated carbocycles. The first-order valence-electron chi connectivity index (χ1n) is 10.7. The standard InChI is InChI=1S/C25H29N3O3/c1-17-13-20(9-11-23(17)30-3)25-27-22(18(2)31-25)16-28(14-19-7-5-4-6-8-19)15-21-10-12-24(29)26-21/h4-9,11,13,21H,10,12,14-16H2,1-3H3,(H,26,29)/t21-/m0/s1. The summed E-state index contributed by atoms with van der Waals surface area (Å²) in [5.74, 6) is 2.42. The minimum Gasteiger partial charge on any atom is -0.496 e. The number of rotatable bonds is 8. The van der Waals surface area contributed by atoms with Crippen molar-refractivity contribution < 1.29 is 13.9 Å². The van der Waals surface area contributed by atoms with E-state index in [0.29, 0.717) is 18.9 Å². The Morgan fingerprint density at radius 3 is 2.65 bits per heavy atom. The summed E-state index contributed by atoms with van der Waals surface area (Å²) in [6.07, 6.45) is 1.48. The van der Waals surface area contributed by atoms with Crippen LogP contribution >= 0.6 is 0 Å². The zero-order valence-corrected chi connectivity index (χ0v) is 18.4. The van der Waals surface area contributed by atoms with Gasteiger partial charge in [0.2, 0.25) is 11.8 Å². The number of oxazole rings is 1. The third-order valence-electron chi connectivity index (χ3n) is 5.72. The first-order valence-corrected chi connectivity index (χ1v) is 10.7. The van der Waals surface area contributed by atoms with Crippen LogP contribution in [0.4, 0.5) is 0 Å². The van der Waals surface area contributed by atoms with Gasteiger partial charge in [-0.2, -0.15) is 0 Å². The molecule has 0 aliphatic carbocycles. The van der Waals surface area contributed by atoms with Gasteiger partial charge < -0.3 is 14.5 Å². The molecule has 1 fully saturated rings. The highest BCUT2D eigenvalue weighted by Gasteiger charge is 2.24. The van der Waals surface area contributed by atoms with E-state index in [4.69, 9.17) is 14.1 Å². The molecule has 1 amide bonds. The van der Waals surface area contributed by atoms with Crippen LogP contribution in [0.15, 0.2) is 52.9 Å². The number of carbonyl (C=O) groups is 1. The lowest BCUT2D eigenvalue weighted by Gasteiger charge is -2.25. The van der Waals surface area contributed by atoms with Crippen molar-refractivity contribution in [1.29, 1.82) is 0 Å². The quantitative estimate of drug-likeness (QED) is 0.591. The summed E-state index contributed by atoms with van der Waals surface area (Å²) in [7, 11) is 1.67. The molecule has 3 aromatic rings. The summed E-state index contributed by atoms with van der Waals surface area (Å²) < 4.78 is 11.4. The van der Waals surface area contributed by atoms with Crippen molar-refractivity contribution >= 4 is 5.91 Å². The molecule has 4 rings (SSSR count). The first kappa shape index (κ1) is 21.1. The molecule has 1 saturated heterocycles. The topological polar surface area (TPSA) is 67.6 Å². The van der Waals surface area contributed by atoms with Crippen LogP contribution in [-0.4, -0.2) is 35.5 Å². The molecule has 162 valence electrons. The predicted octanol–water partition coefficient (Wildman–Crippen LogP) is 4.25. The molecule has 1 aromatic heterocycles. The summed E-state index contributed by atoms with van der Waals surface area (Å²) >= 11 is 0. The number of carbonyl (C=O) groups excluding carboxylic acids is 1. The minimum atomic E-state index is 0.138. The smallest absolute Gasteiger partial charge is 0.226 e. The zero-order valence-electron chi connectivity index (χ0n) is 18.4. The zero-order chi connectivity index (χ0) is 21.8. The van der Waals surface area contributed by atoms with Crippen molar-refractivity contribution in [3.8, 4) is 17.2 Å². The van der Waals surface area contributed by atoms with Crippen molar-refractivity contribution in [2.24, 2.45) is 0 Å². The van der Waals surface area contributed by atoms with Crippen LogP contribution in [-0.2, 0) is 17.9 Å². The van der Waals surface area contributed by atoms with Crippen LogP contribution < -0.4 is 10.1 Å². The third-order valence-corrected chi connectivity index (χ3v) is 5.72. The number of nitrogens with one attached hydrogen (secondary N) is 1. The van der Waals surface area contributed by atoms with Gasteiger partial charge in [0.25, 0.3) is 0 Å². The van der Waals surface area contributed by atoms with Gasteiger partial charge in [0, 0.05) is 37.7 Å². The number of hydrogen-bond acceptors (Lipinski definition) is 5. The highest BCUT2D eigenvalue weighted by Crippen LogP contribution is 2.28. The van der Waals surface area contributed by atoms with Gasteiger partial charge in [-0.05, 0) is 49.6 Å². The van der Waals surface area contributed by atoms with E-state index in [-0.39, 0.29) is 11.9 Å². The lowest BCUT2D eigenvalue weighted by atomic mass is 10.1. The van der Waals surface area contributed by atoms with Crippen molar-refractivity contribution in [2.45, 2.75) is 45.8 Å². The van der Waals surface area contributed by atoms with E-state index in [1.54, 1.807) is 7.11 Å². The van der Waals surface area contributed by atoms with E-state index < -0.39 is 0 Å². The van der Waals surface area contributed by atoms with Crippen LogP contribution in [0.3, 0.4) is 0 Å². The van der Waals surface area contributed by atoms with E-state index in [2.05, 4.69) is 34.5 Å². The summed E-state index contributed by atoms with van der Waals surface area (Å²) in [5, 5.41) is 3.08. The summed E-state index contributed by atoms with van der Waals surface area (Å²) in [5.41, 5.74) is 4.13. The number of aryl methyl sites for hydroxylation is 2. The fourth-order valence-electron chi connectivity index (χ4n) is 4.07. The van der Waals surface area contributed by atoms with Crippen molar-refractivity contribution in [2.75, 3.05) is 13.7 Å². The molecule has 0 bridgehead atoms. The van der Waals surface area contributed by atoms with Crippen LogP contribution in [0, 0.1) is 13.8 Å². The summed E-state index contributed by atoms with van der Waals surface area (Å²) in [6, 6.07) is 16.5. The maximum absolute atomic E-state index is 11.7. The largest absolute Gasteiger partial charge is 0.496 e. The number of amides is 1. The fourth-order valence-corrected chi connectivity index (χ4v) is 4.07. The highest BCUT2D eigenvalue weighted by atomic mass is 16.5. The van der Waals surface area contributed by atoms with Crippen molar-refractivity contribution in [1.82, 2.24) is 15.2 Å². The molecule has 1 atom stereocenters. The van der Waals surface area contributed by atoms with Gasteiger partial charge in [-0.3, -0.25) is 9.69 Å². The highest BCUT2D eigenvalue weighted by molar-refractivity contribution is 5.78. The summed E-state index contributed by atoms with van der Waals surface area (Å²) in [6.45, 7) is 6.20. The van der Waals surface area contributed by atoms with Gasteiger partial charge in [-0.1, -0.05) is 30.3 Å². The van der Waals surface area contributed by atoms with Gasteiger partial charge in [-0.25, -0.2) is 4.98 Å². The van der Waals surface area contributed by atoms with E-state index in [9.17, 15) is 4.79 Å². The molecule has 0 radical (unpaired) electrons. The Labute approximate surface area is 183 Å². The Hall–Kier alpha value is -3.12. The Morgan fingerprint density at radius 2 is 1.97 bits per heavy atom. The second kappa shape index (κ2) is 9.35. The summed E-state index contributed by atoms with van der Waals surface area (Å²) in [4.78, 5) is 18.8. The second-order valence-electron chi connectivity index (χ2n) is 8.16. The maximum atomic E-state index is 11.7. The Balaban J connectivity index is 1.54. The Bertz CT molecular complexity index is 1050. The minimum absolute atomic E-state index is 0.138. The van der Waals surface area contributed by atoms with Crippen LogP contribution in [0.1, 0.15) is 35.4 Å². The Morgan fingerprint density at radius 1 is 1.16 bits per heavy atom. The predicted molar refractivity (Wildman–Crippen MR) is 120 cm³/mol. The second-order valence-corrected chi connectivity index (χ2v) is 8.16. The SMILES string of the molecule is COc1ccc(-c2nc(CN(Cc3ccccc3)C[C@@H]3CCC(=O)N3)c(C)o2)cc1C. The van der Waals surface area contributed by atoms with Gasteiger partial charge in [0.15, 0.2) is 0 Å². The molecule has 2 aromatic carbocycles. The number of benzene rings is 2. The molecule has 0 unspecified atom stereocenters. The third kappa shape index (κ3) is 5.14. The lowest BCUT2D eigenvalue weighted by Crippen LogP contribution is -2.38. The van der Waals surface area contributed by atoms with Gasteiger partial charge >= 0.3 is 0 Å². The number of ether oxygens (including phenoxy) is 1. The molecular formula is C25H29N3O3. The first-order chi connectivity index (χ1) is 15.0. The monoisotopic (exact) mass is 419 g/mol. The van der Waals surface area contributed by atoms with Gasteiger partial charge in [0.05, 0.1) is 12.8 Å². The van der Waals surface area contributed by atoms with Gasteiger partial charge in [0.1, 0.15) is 11.5 Å². The number of aromatic nitrogens is 1. The Kier molecular flexibility index (Phi) is 6.37. The molecule has 31 heavy (non-hydrogen) atoms. The molecule has 1 aliphatic heterocycles. The van der Waals surface area contributed by atoms with Gasteiger partial charge in [-0.15, -0.1) is 0 Å². The molecule has 6 nitrogen and oxygen atoms in total. The van der Waals surface area contributed by atoms with Crippen LogP contribution in [0.5, 0.6) is 5.75 Å². The lowest BCUT2D eigenvalue weighted by molar-refractivity contribution is -0.119. The van der Waals surface area contributed by atoms with E-state index in [0.717, 1.165) is 47.8 Å². The van der Waals surface area contributed by atoms with Crippen molar-refractivity contribution in [3.63, 3.8) is 0 Å². The fraction of sp³-hybridized carbons (Fsp3) is 0.360. The average Bonchev–Trinajstić information content (AvgIpc) is 3.34. The molecule has 1 N–H and O–H groups in total. The van der Waals surface area contributed by atoms with E-state index in [1.165, 1.54) is 5.56 Å². The average molecular weight is 420 g/mol. The molecular weight excluding hydrogens is 390 g/mol. The molecule has 2 heterocycles. The molecule has 0 spiro atoms. The van der Waals surface area contributed by atoms with Crippen LogP contribution in [0.2, 0.25) is 0 Å². The van der Waals surface area contributed by atoms with Crippen molar-refractivity contribution in [3.05, 3.63) is 71.1 Å².